The lowest BCUT2D eigenvalue weighted by atomic mass is 10.1. The summed E-state index contributed by atoms with van der Waals surface area (Å²) in [5.41, 5.74) is -2.33. The molecule has 1 aromatic rings. The standard InChI is InChI=1S/C12H11F6NO4/c1-3-22-8(20)4-6-10(21-2)9(11(13,14)15)7(5-19-6)23-12(16,17)18/h5H,3-4H2,1-2H3. The number of hydrogen-bond acceptors (Lipinski definition) is 5. The number of hydrogen-bond donors (Lipinski definition) is 0. The van der Waals surface area contributed by atoms with Crippen molar-refractivity contribution < 1.29 is 45.3 Å². The molecular weight excluding hydrogens is 336 g/mol. The van der Waals surface area contributed by atoms with Gasteiger partial charge in [0.1, 0.15) is 5.56 Å². The van der Waals surface area contributed by atoms with Crippen molar-refractivity contribution in [2.75, 3.05) is 13.7 Å². The van der Waals surface area contributed by atoms with Crippen LogP contribution in [0.4, 0.5) is 26.3 Å². The van der Waals surface area contributed by atoms with Gasteiger partial charge in [-0.1, -0.05) is 0 Å². The maximum atomic E-state index is 13.1. The third-order valence-electron chi connectivity index (χ3n) is 2.40. The zero-order chi connectivity index (χ0) is 17.8. The lowest BCUT2D eigenvalue weighted by molar-refractivity contribution is -0.276. The number of alkyl halides is 6. The predicted octanol–water partition coefficient (Wildman–Crippen LogP) is 3.11. The predicted molar refractivity (Wildman–Crippen MR) is 62.8 cm³/mol. The van der Waals surface area contributed by atoms with Gasteiger partial charge in [0.05, 0.1) is 32.0 Å². The first-order chi connectivity index (χ1) is 10.5. The number of carbonyl (C=O) groups is 1. The first kappa shape index (κ1) is 18.8. The minimum atomic E-state index is -5.35. The Kier molecular flexibility index (Phi) is 5.67. The number of aromatic nitrogens is 1. The van der Waals surface area contributed by atoms with E-state index >= 15 is 0 Å². The van der Waals surface area contributed by atoms with Gasteiger partial charge in [-0.3, -0.25) is 9.78 Å². The normalized spacial score (nSPS) is 12.0. The summed E-state index contributed by atoms with van der Waals surface area (Å²) >= 11 is 0. The van der Waals surface area contributed by atoms with E-state index in [4.69, 9.17) is 0 Å². The summed E-state index contributed by atoms with van der Waals surface area (Å²) in [4.78, 5) is 14.7. The van der Waals surface area contributed by atoms with Crippen LogP contribution in [0, 0.1) is 0 Å². The zero-order valence-corrected chi connectivity index (χ0v) is 11.8. The van der Waals surface area contributed by atoms with E-state index in [-0.39, 0.29) is 12.8 Å². The summed E-state index contributed by atoms with van der Waals surface area (Å²) in [5, 5.41) is 0. The summed E-state index contributed by atoms with van der Waals surface area (Å²) in [6.45, 7) is 1.45. The lowest BCUT2D eigenvalue weighted by Gasteiger charge is -2.19. The molecule has 0 aliphatic rings. The summed E-state index contributed by atoms with van der Waals surface area (Å²) in [7, 11) is 0.804. The first-order valence-electron chi connectivity index (χ1n) is 6.04. The Labute approximate surface area is 126 Å². The Hall–Kier alpha value is -2.20. The van der Waals surface area contributed by atoms with Crippen molar-refractivity contribution in [3.63, 3.8) is 0 Å². The van der Waals surface area contributed by atoms with Gasteiger partial charge in [-0.15, -0.1) is 13.2 Å². The second-order valence-electron chi connectivity index (χ2n) is 4.00. The van der Waals surface area contributed by atoms with Crippen LogP contribution in [0.5, 0.6) is 11.5 Å². The highest BCUT2D eigenvalue weighted by Crippen LogP contribution is 2.44. The largest absolute Gasteiger partial charge is 0.573 e. The highest BCUT2D eigenvalue weighted by Gasteiger charge is 2.43. The van der Waals surface area contributed by atoms with Crippen LogP contribution in [-0.2, 0) is 22.1 Å². The maximum absolute atomic E-state index is 13.1. The van der Waals surface area contributed by atoms with Crippen LogP contribution in [0.3, 0.4) is 0 Å². The summed E-state index contributed by atoms with van der Waals surface area (Å²) in [6, 6.07) is 0. The molecule has 0 atom stereocenters. The maximum Gasteiger partial charge on any atom is 0.573 e. The molecule has 0 saturated heterocycles. The molecule has 130 valence electrons. The molecule has 0 spiro atoms. The minimum absolute atomic E-state index is 0.0253. The molecular formula is C12H11F6NO4. The van der Waals surface area contributed by atoms with Gasteiger partial charge >= 0.3 is 18.5 Å². The molecule has 11 heteroatoms. The number of nitrogens with zero attached hydrogens (tertiary/aromatic N) is 1. The van der Waals surface area contributed by atoms with Crippen molar-refractivity contribution in [2.45, 2.75) is 25.9 Å². The van der Waals surface area contributed by atoms with Crippen LogP contribution in [0.1, 0.15) is 18.2 Å². The monoisotopic (exact) mass is 347 g/mol. The van der Waals surface area contributed by atoms with Gasteiger partial charge in [-0.25, -0.2) is 0 Å². The van der Waals surface area contributed by atoms with Crippen molar-refractivity contribution in [2.24, 2.45) is 0 Å². The molecule has 0 amide bonds. The van der Waals surface area contributed by atoms with E-state index in [1.807, 2.05) is 0 Å². The van der Waals surface area contributed by atoms with Crippen LogP contribution in [0.25, 0.3) is 0 Å². The minimum Gasteiger partial charge on any atom is -0.494 e. The Bertz CT molecular complexity index is 570. The van der Waals surface area contributed by atoms with Crippen LogP contribution >= 0.6 is 0 Å². The summed E-state index contributed by atoms with van der Waals surface area (Å²) in [6.07, 6.45) is -11.0. The van der Waals surface area contributed by atoms with Crippen molar-refractivity contribution >= 4 is 5.97 Å². The average molecular weight is 347 g/mol. The molecule has 0 aliphatic heterocycles. The molecule has 5 nitrogen and oxygen atoms in total. The highest BCUT2D eigenvalue weighted by atomic mass is 19.4. The third-order valence-corrected chi connectivity index (χ3v) is 2.40. The van der Waals surface area contributed by atoms with Gasteiger partial charge in [-0.2, -0.15) is 13.2 Å². The quantitative estimate of drug-likeness (QED) is 0.605. The smallest absolute Gasteiger partial charge is 0.494 e. The van der Waals surface area contributed by atoms with E-state index in [2.05, 4.69) is 19.2 Å². The second kappa shape index (κ2) is 6.92. The first-order valence-corrected chi connectivity index (χ1v) is 6.04. The summed E-state index contributed by atoms with van der Waals surface area (Å²) < 4.78 is 88.3. The molecule has 0 fully saturated rings. The third kappa shape index (κ3) is 5.18. The molecule has 0 saturated carbocycles. The number of halogens is 6. The molecule has 0 radical (unpaired) electrons. The van der Waals surface area contributed by atoms with E-state index in [0.29, 0.717) is 0 Å². The van der Waals surface area contributed by atoms with Crippen LogP contribution in [-0.4, -0.2) is 31.0 Å². The molecule has 1 rings (SSSR count). The Balaban J connectivity index is 3.40. The zero-order valence-electron chi connectivity index (χ0n) is 11.8. The van der Waals surface area contributed by atoms with Gasteiger partial charge in [0.2, 0.25) is 0 Å². The summed E-state index contributed by atoms with van der Waals surface area (Å²) in [5.74, 6) is -3.52. The Morgan fingerprint density at radius 3 is 2.26 bits per heavy atom. The van der Waals surface area contributed by atoms with Crippen LogP contribution < -0.4 is 9.47 Å². The molecule has 0 bridgehead atoms. The van der Waals surface area contributed by atoms with E-state index in [1.54, 1.807) is 0 Å². The fourth-order valence-corrected chi connectivity index (χ4v) is 1.68. The number of esters is 1. The molecule has 23 heavy (non-hydrogen) atoms. The molecule has 1 aromatic heterocycles. The van der Waals surface area contributed by atoms with Crippen molar-refractivity contribution in [1.82, 2.24) is 4.98 Å². The van der Waals surface area contributed by atoms with E-state index in [9.17, 15) is 31.1 Å². The fraction of sp³-hybridized carbons (Fsp3) is 0.500. The molecule has 0 N–H and O–H groups in total. The van der Waals surface area contributed by atoms with Crippen LogP contribution in [0.15, 0.2) is 6.20 Å². The molecule has 1 heterocycles. The number of rotatable bonds is 5. The highest BCUT2D eigenvalue weighted by molar-refractivity contribution is 5.73. The van der Waals surface area contributed by atoms with E-state index in [0.717, 1.165) is 7.11 Å². The second-order valence-corrected chi connectivity index (χ2v) is 4.00. The van der Waals surface area contributed by atoms with Crippen molar-refractivity contribution in [3.8, 4) is 11.5 Å². The van der Waals surface area contributed by atoms with Gasteiger partial charge in [0.25, 0.3) is 0 Å². The lowest BCUT2D eigenvalue weighted by Crippen LogP contribution is -2.22. The van der Waals surface area contributed by atoms with Gasteiger partial charge in [0, 0.05) is 0 Å². The number of carbonyl (C=O) groups excluding carboxylic acids is 1. The van der Waals surface area contributed by atoms with Gasteiger partial charge in [0.15, 0.2) is 11.5 Å². The van der Waals surface area contributed by atoms with E-state index in [1.165, 1.54) is 6.92 Å². The molecule has 0 aromatic carbocycles. The van der Waals surface area contributed by atoms with Crippen LogP contribution in [0.2, 0.25) is 0 Å². The van der Waals surface area contributed by atoms with Gasteiger partial charge < -0.3 is 14.2 Å². The SMILES string of the molecule is CCOC(=O)Cc1ncc(OC(F)(F)F)c(C(F)(F)F)c1OC. The molecule has 0 aliphatic carbocycles. The number of pyridine rings is 1. The van der Waals surface area contributed by atoms with Gasteiger partial charge in [-0.05, 0) is 6.92 Å². The number of methoxy groups -OCH3 is 1. The van der Waals surface area contributed by atoms with E-state index < -0.39 is 47.7 Å². The average Bonchev–Trinajstić information content (AvgIpc) is 2.37. The fourth-order valence-electron chi connectivity index (χ4n) is 1.68. The van der Waals surface area contributed by atoms with Crippen molar-refractivity contribution in [3.05, 3.63) is 17.5 Å². The Morgan fingerprint density at radius 1 is 1.22 bits per heavy atom. The van der Waals surface area contributed by atoms with Crippen molar-refractivity contribution in [1.29, 1.82) is 0 Å². The topological polar surface area (TPSA) is 57.7 Å². The Morgan fingerprint density at radius 2 is 1.83 bits per heavy atom. The number of ether oxygens (including phenoxy) is 3. The molecule has 0 unspecified atom stereocenters.